The summed E-state index contributed by atoms with van der Waals surface area (Å²) in [5.74, 6) is 0.571. The molecular formula is C16H26N4O2. The predicted molar refractivity (Wildman–Crippen MR) is 87.2 cm³/mol. The maximum atomic E-state index is 12.3. The van der Waals surface area contributed by atoms with Gasteiger partial charge in [-0.05, 0) is 38.9 Å². The smallest absolute Gasteiger partial charge is 0.255 e. The van der Waals surface area contributed by atoms with E-state index in [9.17, 15) is 4.79 Å². The van der Waals surface area contributed by atoms with Crippen molar-refractivity contribution < 1.29 is 9.53 Å². The molecule has 0 aliphatic carbocycles. The fraction of sp³-hybridized carbons (Fsp3) is 0.625. The fourth-order valence-electron chi connectivity index (χ4n) is 2.40. The summed E-state index contributed by atoms with van der Waals surface area (Å²) >= 11 is 0. The number of hydrogen-bond donors (Lipinski definition) is 2. The first-order valence-corrected chi connectivity index (χ1v) is 7.96. The standard InChI is InChI=1S/C16H26N4O2/c1-13(2)19-15-14(5-3-6-17-15)16(21)18-7-4-8-20-9-11-22-12-10-20/h3,5-6,13H,4,7-12H2,1-2H3,(H,17,19)(H,18,21). The van der Waals surface area contributed by atoms with E-state index in [-0.39, 0.29) is 11.9 Å². The van der Waals surface area contributed by atoms with Crippen LogP contribution in [-0.4, -0.2) is 61.2 Å². The molecule has 0 aromatic carbocycles. The highest BCUT2D eigenvalue weighted by molar-refractivity contribution is 5.98. The van der Waals surface area contributed by atoms with Gasteiger partial charge in [0, 0.05) is 31.9 Å². The van der Waals surface area contributed by atoms with Crippen molar-refractivity contribution >= 4 is 11.7 Å². The summed E-state index contributed by atoms with van der Waals surface area (Å²) in [5.41, 5.74) is 0.600. The average molecular weight is 306 g/mol. The first-order valence-electron chi connectivity index (χ1n) is 7.96. The molecule has 122 valence electrons. The number of nitrogens with one attached hydrogen (secondary N) is 2. The molecule has 0 bridgehead atoms. The Morgan fingerprint density at radius 3 is 2.91 bits per heavy atom. The van der Waals surface area contributed by atoms with E-state index in [0.717, 1.165) is 39.3 Å². The van der Waals surface area contributed by atoms with Crippen LogP contribution in [0, 0.1) is 0 Å². The van der Waals surface area contributed by atoms with Crippen molar-refractivity contribution in [2.75, 3.05) is 44.7 Å². The number of hydrogen-bond acceptors (Lipinski definition) is 5. The van der Waals surface area contributed by atoms with Crippen LogP contribution in [0.1, 0.15) is 30.6 Å². The Labute approximate surface area is 132 Å². The van der Waals surface area contributed by atoms with Crippen LogP contribution in [0.5, 0.6) is 0 Å². The van der Waals surface area contributed by atoms with E-state index in [1.54, 1.807) is 18.3 Å². The van der Waals surface area contributed by atoms with E-state index in [2.05, 4.69) is 20.5 Å². The minimum Gasteiger partial charge on any atom is -0.379 e. The molecule has 0 spiro atoms. The molecule has 1 aliphatic rings. The van der Waals surface area contributed by atoms with Crippen molar-refractivity contribution in [3.8, 4) is 0 Å². The zero-order valence-electron chi connectivity index (χ0n) is 13.5. The Kier molecular flexibility index (Phi) is 6.61. The summed E-state index contributed by atoms with van der Waals surface area (Å²) in [6, 6.07) is 3.83. The summed E-state index contributed by atoms with van der Waals surface area (Å²) in [6.07, 6.45) is 2.64. The van der Waals surface area contributed by atoms with E-state index >= 15 is 0 Å². The maximum absolute atomic E-state index is 12.3. The van der Waals surface area contributed by atoms with Gasteiger partial charge in [0.2, 0.25) is 0 Å². The molecule has 2 heterocycles. The quantitative estimate of drug-likeness (QED) is 0.745. The number of pyridine rings is 1. The van der Waals surface area contributed by atoms with Crippen molar-refractivity contribution in [1.82, 2.24) is 15.2 Å². The molecule has 2 rings (SSSR count). The van der Waals surface area contributed by atoms with Crippen molar-refractivity contribution in [1.29, 1.82) is 0 Å². The van der Waals surface area contributed by atoms with Crippen LogP contribution in [0.2, 0.25) is 0 Å². The van der Waals surface area contributed by atoms with E-state index in [0.29, 0.717) is 17.9 Å². The van der Waals surface area contributed by atoms with Gasteiger partial charge in [0.1, 0.15) is 5.82 Å². The molecule has 0 radical (unpaired) electrons. The molecule has 1 saturated heterocycles. The zero-order chi connectivity index (χ0) is 15.8. The second-order valence-corrected chi connectivity index (χ2v) is 5.76. The fourth-order valence-corrected chi connectivity index (χ4v) is 2.40. The number of morpholine rings is 1. The molecule has 1 aliphatic heterocycles. The summed E-state index contributed by atoms with van der Waals surface area (Å²) in [5, 5.41) is 6.18. The normalized spacial score (nSPS) is 15.8. The molecule has 2 N–H and O–H groups in total. The predicted octanol–water partition coefficient (Wildman–Crippen LogP) is 1.35. The highest BCUT2D eigenvalue weighted by atomic mass is 16.5. The summed E-state index contributed by atoms with van der Waals surface area (Å²) < 4.78 is 5.32. The van der Waals surface area contributed by atoms with Crippen LogP contribution in [-0.2, 0) is 4.74 Å². The lowest BCUT2D eigenvalue weighted by molar-refractivity contribution is 0.0374. The molecule has 6 nitrogen and oxygen atoms in total. The molecule has 0 saturated carbocycles. The Morgan fingerprint density at radius 1 is 1.41 bits per heavy atom. The monoisotopic (exact) mass is 306 g/mol. The lowest BCUT2D eigenvalue weighted by Crippen LogP contribution is -2.38. The number of ether oxygens (including phenoxy) is 1. The number of rotatable bonds is 7. The van der Waals surface area contributed by atoms with Gasteiger partial charge >= 0.3 is 0 Å². The molecule has 1 aromatic heterocycles. The van der Waals surface area contributed by atoms with Crippen LogP contribution in [0.4, 0.5) is 5.82 Å². The molecule has 1 fully saturated rings. The van der Waals surface area contributed by atoms with Crippen molar-refractivity contribution in [2.45, 2.75) is 26.3 Å². The van der Waals surface area contributed by atoms with Gasteiger partial charge in [-0.1, -0.05) is 0 Å². The van der Waals surface area contributed by atoms with Gasteiger partial charge in [0.05, 0.1) is 18.8 Å². The third-order valence-corrected chi connectivity index (χ3v) is 3.52. The highest BCUT2D eigenvalue weighted by Crippen LogP contribution is 2.12. The largest absolute Gasteiger partial charge is 0.379 e. The topological polar surface area (TPSA) is 66.5 Å². The Bertz CT molecular complexity index is 473. The third kappa shape index (κ3) is 5.27. The van der Waals surface area contributed by atoms with E-state index in [1.165, 1.54) is 0 Å². The number of nitrogens with zero attached hydrogens (tertiary/aromatic N) is 2. The van der Waals surface area contributed by atoms with E-state index in [1.807, 2.05) is 13.8 Å². The number of anilines is 1. The van der Waals surface area contributed by atoms with Gasteiger partial charge in [0.15, 0.2) is 0 Å². The second-order valence-electron chi connectivity index (χ2n) is 5.76. The Hall–Kier alpha value is -1.66. The van der Waals surface area contributed by atoms with Crippen LogP contribution in [0.3, 0.4) is 0 Å². The van der Waals surface area contributed by atoms with Gasteiger partial charge in [-0.2, -0.15) is 0 Å². The number of carbonyl (C=O) groups excluding carboxylic acids is 1. The summed E-state index contributed by atoms with van der Waals surface area (Å²) in [6.45, 7) is 9.31. The van der Waals surface area contributed by atoms with Gasteiger partial charge in [0.25, 0.3) is 5.91 Å². The van der Waals surface area contributed by atoms with E-state index in [4.69, 9.17) is 4.74 Å². The van der Waals surface area contributed by atoms with Crippen LogP contribution in [0.25, 0.3) is 0 Å². The lowest BCUT2D eigenvalue weighted by Gasteiger charge is -2.26. The first-order chi connectivity index (χ1) is 10.7. The molecule has 0 unspecified atom stereocenters. The van der Waals surface area contributed by atoms with Crippen LogP contribution < -0.4 is 10.6 Å². The van der Waals surface area contributed by atoms with Crippen molar-refractivity contribution in [3.63, 3.8) is 0 Å². The molecular weight excluding hydrogens is 280 g/mol. The SMILES string of the molecule is CC(C)Nc1ncccc1C(=O)NCCCN1CCOCC1. The average Bonchev–Trinajstić information content (AvgIpc) is 2.52. The lowest BCUT2D eigenvalue weighted by atomic mass is 10.2. The zero-order valence-corrected chi connectivity index (χ0v) is 13.5. The van der Waals surface area contributed by atoms with Gasteiger partial charge in [-0.3, -0.25) is 9.69 Å². The molecule has 1 aromatic rings. The molecule has 0 atom stereocenters. The molecule has 1 amide bonds. The van der Waals surface area contributed by atoms with Crippen molar-refractivity contribution in [3.05, 3.63) is 23.9 Å². The summed E-state index contributed by atoms with van der Waals surface area (Å²) in [7, 11) is 0. The van der Waals surface area contributed by atoms with Gasteiger partial charge in [-0.25, -0.2) is 4.98 Å². The van der Waals surface area contributed by atoms with E-state index < -0.39 is 0 Å². The number of carbonyl (C=O) groups is 1. The Balaban J connectivity index is 1.77. The summed E-state index contributed by atoms with van der Waals surface area (Å²) in [4.78, 5) is 18.9. The second kappa shape index (κ2) is 8.70. The molecule has 6 heteroatoms. The number of amides is 1. The third-order valence-electron chi connectivity index (χ3n) is 3.52. The first kappa shape index (κ1) is 16.7. The minimum absolute atomic E-state index is 0.0711. The van der Waals surface area contributed by atoms with Crippen LogP contribution in [0.15, 0.2) is 18.3 Å². The molecule has 22 heavy (non-hydrogen) atoms. The Morgan fingerprint density at radius 2 is 2.18 bits per heavy atom. The van der Waals surface area contributed by atoms with Gasteiger partial charge in [-0.15, -0.1) is 0 Å². The minimum atomic E-state index is -0.0711. The van der Waals surface area contributed by atoms with Crippen LogP contribution >= 0.6 is 0 Å². The van der Waals surface area contributed by atoms with Gasteiger partial charge < -0.3 is 15.4 Å². The highest BCUT2D eigenvalue weighted by Gasteiger charge is 2.13. The maximum Gasteiger partial charge on any atom is 0.255 e. The number of aromatic nitrogens is 1. The van der Waals surface area contributed by atoms with Crippen molar-refractivity contribution in [2.24, 2.45) is 0 Å².